The number of hydrogen-bond donors (Lipinski definition) is 1. The molecule has 1 fully saturated rings. The summed E-state index contributed by atoms with van der Waals surface area (Å²) in [5.41, 5.74) is 1.21. The minimum atomic E-state index is 0.411. The van der Waals surface area contributed by atoms with Gasteiger partial charge >= 0.3 is 0 Å². The number of rotatable bonds is 7. The molecule has 0 spiro atoms. The maximum atomic E-state index is 6.21. The van der Waals surface area contributed by atoms with E-state index in [1.807, 2.05) is 18.2 Å². The van der Waals surface area contributed by atoms with Crippen LogP contribution in [-0.2, 0) is 11.2 Å². The summed E-state index contributed by atoms with van der Waals surface area (Å²) in [4.78, 5) is 7.16. The predicted octanol–water partition coefficient (Wildman–Crippen LogP) is 3.74. The highest BCUT2D eigenvalue weighted by Crippen LogP contribution is 2.17. The Morgan fingerprint density at radius 3 is 2.71 bits per heavy atom. The summed E-state index contributed by atoms with van der Waals surface area (Å²) in [6, 6.07) is 8.05. The number of nitrogens with one attached hydrogen (secondary N) is 1. The van der Waals surface area contributed by atoms with E-state index in [2.05, 4.69) is 30.1 Å². The zero-order chi connectivity index (χ0) is 17.2. The molecule has 4 nitrogen and oxygen atoms in total. The first-order valence-electron chi connectivity index (χ1n) is 9.12. The average Bonchev–Trinajstić information content (AvgIpc) is 2.60. The number of aliphatic imine (C=N–C) groups is 1. The van der Waals surface area contributed by atoms with Gasteiger partial charge in [-0.15, -0.1) is 0 Å². The Bertz CT molecular complexity index is 513. The van der Waals surface area contributed by atoms with E-state index in [9.17, 15) is 0 Å². The molecule has 1 aliphatic rings. The fraction of sp³-hybridized carbons (Fsp3) is 0.632. The van der Waals surface area contributed by atoms with E-state index in [0.29, 0.717) is 6.10 Å². The number of aryl methyl sites for hydroxylation is 1. The summed E-state index contributed by atoms with van der Waals surface area (Å²) in [6.45, 7) is 8.74. The number of ether oxygens (including phenoxy) is 1. The van der Waals surface area contributed by atoms with Crippen LogP contribution in [0.2, 0.25) is 5.02 Å². The van der Waals surface area contributed by atoms with Crippen LogP contribution in [0.25, 0.3) is 0 Å². The highest BCUT2D eigenvalue weighted by Gasteiger charge is 2.21. The second kappa shape index (κ2) is 10.6. The summed E-state index contributed by atoms with van der Waals surface area (Å²) in [5, 5.41) is 4.27. The third-order valence-corrected chi connectivity index (χ3v) is 4.67. The number of likely N-dealkylation sites (tertiary alicyclic amines) is 1. The molecule has 24 heavy (non-hydrogen) atoms. The number of nitrogens with zero attached hydrogens (tertiary/aromatic N) is 2. The van der Waals surface area contributed by atoms with Gasteiger partial charge in [0.15, 0.2) is 5.96 Å². The van der Waals surface area contributed by atoms with Gasteiger partial charge in [0.05, 0.1) is 6.10 Å². The van der Waals surface area contributed by atoms with Crippen molar-refractivity contribution in [3.8, 4) is 0 Å². The van der Waals surface area contributed by atoms with Gasteiger partial charge in [-0.25, -0.2) is 0 Å². The molecule has 0 aliphatic carbocycles. The Balaban J connectivity index is 1.81. The molecule has 1 saturated heterocycles. The summed E-state index contributed by atoms with van der Waals surface area (Å²) in [7, 11) is 0. The van der Waals surface area contributed by atoms with Crippen molar-refractivity contribution in [2.75, 3.05) is 32.8 Å². The van der Waals surface area contributed by atoms with Crippen molar-refractivity contribution in [3.05, 3.63) is 34.9 Å². The van der Waals surface area contributed by atoms with Crippen molar-refractivity contribution in [1.29, 1.82) is 0 Å². The molecule has 1 aliphatic heterocycles. The van der Waals surface area contributed by atoms with E-state index in [1.54, 1.807) is 0 Å². The molecule has 0 unspecified atom stereocenters. The zero-order valence-corrected chi connectivity index (χ0v) is 15.7. The van der Waals surface area contributed by atoms with E-state index in [4.69, 9.17) is 21.3 Å². The molecule has 2 rings (SSSR count). The van der Waals surface area contributed by atoms with Crippen molar-refractivity contribution < 1.29 is 4.74 Å². The van der Waals surface area contributed by atoms with Gasteiger partial charge in [-0.2, -0.15) is 0 Å². The number of guanidine groups is 1. The molecule has 0 radical (unpaired) electrons. The standard InChI is InChI=1S/C19H30ClN3O/c1-3-21-19(23-14-11-17(12-15-23)24-4-2)22-13-7-9-16-8-5-6-10-18(16)20/h5-6,8,10,17H,3-4,7,9,11-15H2,1-2H3,(H,21,22). The van der Waals surface area contributed by atoms with E-state index in [0.717, 1.165) is 69.5 Å². The molecule has 134 valence electrons. The largest absolute Gasteiger partial charge is 0.378 e. The SMILES string of the molecule is CCNC(=NCCCc1ccccc1Cl)N1CCC(OCC)CC1. The van der Waals surface area contributed by atoms with Crippen LogP contribution in [-0.4, -0.2) is 49.7 Å². The van der Waals surface area contributed by atoms with Crippen molar-refractivity contribution >= 4 is 17.6 Å². The minimum absolute atomic E-state index is 0.411. The molecule has 0 bridgehead atoms. The van der Waals surface area contributed by atoms with Crippen LogP contribution in [0.3, 0.4) is 0 Å². The minimum Gasteiger partial charge on any atom is -0.378 e. The van der Waals surface area contributed by atoms with Crippen molar-refractivity contribution in [2.24, 2.45) is 4.99 Å². The van der Waals surface area contributed by atoms with Gasteiger partial charge in [-0.3, -0.25) is 4.99 Å². The molecule has 1 heterocycles. The normalized spacial score (nSPS) is 16.5. The average molecular weight is 352 g/mol. The van der Waals surface area contributed by atoms with Gasteiger partial charge in [0, 0.05) is 37.8 Å². The quantitative estimate of drug-likeness (QED) is 0.462. The molecule has 0 aromatic heterocycles. The number of halogens is 1. The van der Waals surface area contributed by atoms with Crippen LogP contribution < -0.4 is 5.32 Å². The topological polar surface area (TPSA) is 36.9 Å². The first-order chi connectivity index (χ1) is 11.7. The molecule has 0 atom stereocenters. The second-order valence-electron chi connectivity index (χ2n) is 6.07. The maximum Gasteiger partial charge on any atom is 0.193 e. The van der Waals surface area contributed by atoms with Crippen LogP contribution in [0, 0.1) is 0 Å². The van der Waals surface area contributed by atoms with E-state index >= 15 is 0 Å². The summed E-state index contributed by atoms with van der Waals surface area (Å²) >= 11 is 6.21. The van der Waals surface area contributed by atoms with Gasteiger partial charge in [-0.1, -0.05) is 29.8 Å². The van der Waals surface area contributed by atoms with E-state index < -0.39 is 0 Å². The highest BCUT2D eigenvalue weighted by molar-refractivity contribution is 6.31. The Morgan fingerprint density at radius 2 is 2.04 bits per heavy atom. The number of piperidine rings is 1. The predicted molar refractivity (Wildman–Crippen MR) is 102 cm³/mol. The molecular formula is C19H30ClN3O. The Kier molecular flexibility index (Phi) is 8.40. The lowest BCUT2D eigenvalue weighted by atomic mass is 10.1. The zero-order valence-electron chi connectivity index (χ0n) is 14.9. The van der Waals surface area contributed by atoms with Crippen LogP contribution in [0.15, 0.2) is 29.3 Å². The smallest absolute Gasteiger partial charge is 0.193 e. The van der Waals surface area contributed by atoms with Crippen LogP contribution in [0.5, 0.6) is 0 Å². The lowest BCUT2D eigenvalue weighted by Gasteiger charge is -2.34. The monoisotopic (exact) mass is 351 g/mol. The summed E-state index contributed by atoms with van der Waals surface area (Å²) < 4.78 is 5.73. The van der Waals surface area contributed by atoms with E-state index in [1.165, 1.54) is 5.56 Å². The summed E-state index contributed by atoms with van der Waals surface area (Å²) in [5.74, 6) is 1.03. The summed E-state index contributed by atoms with van der Waals surface area (Å²) in [6.07, 6.45) is 4.55. The molecule has 0 amide bonds. The van der Waals surface area contributed by atoms with Gasteiger partial charge < -0.3 is 15.0 Å². The molecule has 1 N–H and O–H groups in total. The third kappa shape index (κ3) is 5.99. The van der Waals surface area contributed by atoms with Crippen LogP contribution in [0.4, 0.5) is 0 Å². The first-order valence-corrected chi connectivity index (χ1v) is 9.50. The molecule has 1 aromatic carbocycles. The first kappa shape index (κ1) is 19.1. The number of hydrogen-bond acceptors (Lipinski definition) is 2. The lowest BCUT2D eigenvalue weighted by molar-refractivity contribution is 0.0264. The molecular weight excluding hydrogens is 322 g/mol. The van der Waals surface area contributed by atoms with Crippen molar-refractivity contribution in [3.63, 3.8) is 0 Å². The lowest BCUT2D eigenvalue weighted by Crippen LogP contribution is -2.47. The van der Waals surface area contributed by atoms with Gasteiger partial charge in [0.25, 0.3) is 0 Å². The second-order valence-corrected chi connectivity index (χ2v) is 6.48. The highest BCUT2D eigenvalue weighted by atomic mass is 35.5. The van der Waals surface area contributed by atoms with Gasteiger partial charge in [-0.05, 0) is 51.2 Å². The van der Waals surface area contributed by atoms with Crippen molar-refractivity contribution in [1.82, 2.24) is 10.2 Å². The van der Waals surface area contributed by atoms with Crippen molar-refractivity contribution in [2.45, 2.75) is 45.6 Å². The fourth-order valence-corrected chi connectivity index (χ4v) is 3.28. The molecule has 1 aromatic rings. The Hall–Kier alpha value is -1.26. The maximum absolute atomic E-state index is 6.21. The van der Waals surface area contributed by atoms with Gasteiger partial charge in [0.1, 0.15) is 0 Å². The third-order valence-electron chi connectivity index (χ3n) is 4.30. The van der Waals surface area contributed by atoms with E-state index in [-0.39, 0.29) is 0 Å². The number of benzene rings is 1. The fourth-order valence-electron chi connectivity index (χ4n) is 3.05. The molecule has 0 saturated carbocycles. The van der Waals surface area contributed by atoms with Crippen LogP contribution >= 0.6 is 11.6 Å². The van der Waals surface area contributed by atoms with Crippen LogP contribution in [0.1, 0.15) is 38.7 Å². The molecule has 5 heteroatoms. The Morgan fingerprint density at radius 1 is 1.29 bits per heavy atom. The Labute approximate surface area is 151 Å². The van der Waals surface area contributed by atoms with Gasteiger partial charge in [0.2, 0.25) is 0 Å².